The van der Waals surface area contributed by atoms with Crippen LogP contribution < -0.4 is 4.74 Å². The molecule has 2 aromatic carbocycles. The van der Waals surface area contributed by atoms with Gasteiger partial charge in [-0.25, -0.2) is 4.98 Å². The molecule has 1 aliphatic rings. The lowest BCUT2D eigenvalue weighted by atomic mass is 9.96. The van der Waals surface area contributed by atoms with Crippen molar-refractivity contribution < 1.29 is 14.3 Å². The van der Waals surface area contributed by atoms with Gasteiger partial charge in [-0.05, 0) is 62.7 Å². The number of esters is 1. The number of carbonyl (C=O) groups excluding carboxylic acids is 1. The van der Waals surface area contributed by atoms with E-state index in [0.29, 0.717) is 11.8 Å². The average molecular weight is 397 g/mol. The molecule has 0 atom stereocenters. The molecule has 0 radical (unpaired) electrons. The standard InChI is InChI=1S/C22H24N2O3S/c1-2-26-21(25)17-11-13-24(14-12-17)15-16-7-9-18(10-8-16)27-22-23-19-5-3-4-6-20(19)28-22/h3-10,17H,2,11-15H2,1H3. The Kier molecular flexibility index (Phi) is 5.88. The lowest BCUT2D eigenvalue weighted by Gasteiger charge is -2.30. The number of piperidine rings is 1. The van der Waals surface area contributed by atoms with Gasteiger partial charge in [-0.15, -0.1) is 0 Å². The lowest BCUT2D eigenvalue weighted by molar-refractivity contribution is -0.149. The third-order valence-corrected chi connectivity index (χ3v) is 5.93. The number of para-hydroxylation sites is 1. The van der Waals surface area contributed by atoms with Gasteiger partial charge >= 0.3 is 5.97 Å². The molecule has 3 aromatic rings. The maximum Gasteiger partial charge on any atom is 0.309 e. The van der Waals surface area contributed by atoms with Gasteiger partial charge in [0.25, 0.3) is 5.19 Å². The Morgan fingerprint density at radius 1 is 1.14 bits per heavy atom. The summed E-state index contributed by atoms with van der Waals surface area (Å²) in [6, 6.07) is 16.2. The minimum absolute atomic E-state index is 0.0431. The predicted molar refractivity (Wildman–Crippen MR) is 111 cm³/mol. The number of hydrogen-bond acceptors (Lipinski definition) is 6. The summed E-state index contributed by atoms with van der Waals surface area (Å²) in [5, 5.41) is 0.662. The molecule has 146 valence electrons. The Labute approximate surface area is 168 Å². The van der Waals surface area contributed by atoms with E-state index in [2.05, 4.69) is 22.0 Å². The van der Waals surface area contributed by atoms with Crippen LogP contribution in [0.5, 0.6) is 10.9 Å². The molecule has 2 heterocycles. The molecule has 0 saturated carbocycles. The molecule has 0 aliphatic carbocycles. The normalized spacial score (nSPS) is 15.6. The van der Waals surface area contributed by atoms with Gasteiger partial charge in [0.15, 0.2) is 0 Å². The quantitative estimate of drug-likeness (QED) is 0.557. The number of nitrogens with zero attached hydrogens (tertiary/aromatic N) is 2. The summed E-state index contributed by atoms with van der Waals surface area (Å²) in [4.78, 5) is 18.7. The second-order valence-electron chi connectivity index (χ2n) is 7.00. The fourth-order valence-corrected chi connectivity index (χ4v) is 4.34. The number of fused-ring (bicyclic) bond motifs is 1. The van der Waals surface area contributed by atoms with Gasteiger partial charge in [-0.2, -0.15) is 0 Å². The largest absolute Gasteiger partial charge is 0.466 e. The summed E-state index contributed by atoms with van der Waals surface area (Å²) in [5.41, 5.74) is 2.21. The highest BCUT2D eigenvalue weighted by atomic mass is 32.1. The van der Waals surface area contributed by atoms with Crippen LogP contribution in [-0.2, 0) is 16.1 Å². The summed E-state index contributed by atoms with van der Waals surface area (Å²) < 4.78 is 12.2. The SMILES string of the molecule is CCOC(=O)C1CCN(Cc2ccc(Oc3nc4ccccc4s3)cc2)CC1. The van der Waals surface area contributed by atoms with Crippen LogP contribution in [0.1, 0.15) is 25.3 Å². The Hall–Kier alpha value is -2.44. The minimum atomic E-state index is -0.0431. The zero-order chi connectivity index (χ0) is 19.3. The molecule has 1 aromatic heterocycles. The molecule has 1 fully saturated rings. The summed E-state index contributed by atoms with van der Waals surface area (Å²) in [5.74, 6) is 0.808. The van der Waals surface area contributed by atoms with Crippen molar-refractivity contribution in [2.24, 2.45) is 5.92 Å². The van der Waals surface area contributed by atoms with Crippen molar-refractivity contribution in [3.8, 4) is 10.9 Å². The number of rotatable bonds is 6. The number of benzene rings is 2. The maximum atomic E-state index is 11.8. The second-order valence-corrected chi connectivity index (χ2v) is 7.99. The van der Waals surface area contributed by atoms with Crippen molar-refractivity contribution >= 4 is 27.5 Å². The fourth-order valence-electron chi connectivity index (χ4n) is 3.50. The molecule has 5 nitrogen and oxygen atoms in total. The van der Waals surface area contributed by atoms with Crippen molar-refractivity contribution in [3.63, 3.8) is 0 Å². The zero-order valence-electron chi connectivity index (χ0n) is 16.0. The zero-order valence-corrected chi connectivity index (χ0v) is 16.8. The van der Waals surface area contributed by atoms with E-state index < -0.39 is 0 Å². The summed E-state index contributed by atoms with van der Waals surface area (Å²) in [7, 11) is 0. The lowest BCUT2D eigenvalue weighted by Crippen LogP contribution is -2.36. The molecule has 1 aliphatic heterocycles. The van der Waals surface area contributed by atoms with E-state index in [1.165, 1.54) is 5.56 Å². The molecule has 4 rings (SSSR count). The van der Waals surface area contributed by atoms with E-state index in [1.807, 2.05) is 43.3 Å². The number of thiazole rings is 1. The molecule has 6 heteroatoms. The first kappa shape index (κ1) is 18.9. The van der Waals surface area contributed by atoms with E-state index in [4.69, 9.17) is 9.47 Å². The van der Waals surface area contributed by atoms with Crippen LogP contribution in [0.15, 0.2) is 48.5 Å². The van der Waals surface area contributed by atoms with E-state index >= 15 is 0 Å². The van der Waals surface area contributed by atoms with Crippen LogP contribution >= 0.6 is 11.3 Å². The summed E-state index contributed by atoms with van der Waals surface area (Å²) >= 11 is 1.55. The summed E-state index contributed by atoms with van der Waals surface area (Å²) in [6.07, 6.45) is 1.75. The molecule has 0 bridgehead atoms. The first-order valence-corrected chi connectivity index (χ1v) is 10.5. The van der Waals surface area contributed by atoms with Gasteiger partial charge in [0.1, 0.15) is 5.75 Å². The number of aromatic nitrogens is 1. The molecule has 28 heavy (non-hydrogen) atoms. The van der Waals surface area contributed by atoms with Crippen LogP contribution in [0, 0.1) is 5.92 Å². The molecule has 0 spiro atoms. The first-order valence-electron chi connectivity index (χ1n) is 9.72. The Morgan fingerprint density at radius 3 is 2.61 bits per heavy atom. The van der Waals surface area contributed by atoms with Crippen molar-refractivity contribution in [3.05, 3.63) is 54.1 Å². The van der Waals surface area contributed by atoms with Gasteiger partial charge in [0, 0.05) is 6.54 Å². The van der Waals surface area contributed by atoms with E-state index in [-0.39, 0.29) is 11.9 Å². The third-order valence-electron chi connectivity index (χ3n) is 5.02. The van der Waals surface area contributed by atoms with Crippen molar-refractivity contribution in [2.75, 3.05) is 19.7 Å². The average Bonchev–Trinajstić information content (AvgIpc) is 3.12. The van der Waals surface area contributed by atoms with Crippen LogP contribution in [-0.4, -0.2) is 35.5 Å². The van der Waals surface area contributed by atoms with Crippen LogP contribution in [0.25, 0.3) is 10.2 Å². The van der Waals surface area contributed by atoms with Gasteiger partial charge in [-0.3, -0.25) is 9.69 Å². The highest BCUT2D eigenvalue weighted by Gasteiger charge is 2.25. The van der Waals surface area contributed by atoms with Crippen LogP contribution in [0.4, 0.5) is 0 Å². The molecule has 0 N–H and O–H groups in total. The highest BCUT2D eigenvalue weighted by molar-refractivity contribution is 7.20. The van der Waals surface area contributed by atoms with Crippen molar-refractivity contribution in [2.45, 2.75) is 26.3 Å². The van der Waals surface area contributed by atoms with Gasteiger partial charge < -0.3 is 9.47 Å². The predicted octanol–water partition coefficient (Wildman–Crippen LogP) is 4.86. The Bertz CT molecular complexity index is 897. The van der Waals surface area contributed by atoms with Gasteiger partial charge in [-0.1, -0.05) is 35.6 Å². The second kappa shape index (κ2) is 8.71. The number of hydrogen-bond donors (Lipinski definition) is 0. The number of carbonyl (C=O) groups is 1. The van der Waals surface area contributed by atoms with Crippen molar-refractivity contribution in [1.82, 2.24) is 9.88 Å². The molecular weight excluding hydrogens is 372 g/mol. The molecule has 1 saturated heterocycles. The fraction of sp³-hybridized carbons (Fsp3) is 0.364. The maximum absolute atomic E-state index is 11.8. The molecule has 0 unspecified atom stereocenters. The summed E-state index contributed by atoms with van der Waals surface area (Å²) in [6.45, 7) is 5.06. The minimum Gasteiger partial charge on any atom is -0.466 e. The van der Waals surface area contributed by atoms with Gasteiger partial charge in [0.2, 0.25) is 0 Å². The van der Waals surface area contributed by atoms with E-state index in [0.717, 1.165) is 48.4 Å². The Balaban J connectivity index is 1.31. The number of ether oxygens (including phenoxy) is 2. The topological polar surface area (TPSA) is 51.7 Å². The highest BCUT2D eigenvalue weighted by Crippen LogP contribution is 2.31. The smallest absolute Gasteiger partial charge is 0.309 e. The van der Waals surface area contributed by atoms with E-state index in [1.54, 1.807) is 11.3 Å². The van der Waals surface area contributed by atoms with Crippen LogP contribution in [0.2, 0.25) is 0 Å². The molecule has 0 amide bonds. The van der Waals surface area contributed by atoms with Crippen LogP contribution in [0.3, 0.4) is 0 Å². The Morgan fingerprint density at radius 2 is 1.89 bits per heavy atom. The number of likely N-dealkylation sites (tertiary alicyclic amines) is 1. The third kappa shape index (κ3) is 4.51. The van der Waals surface area contributed by atoms with Crippen molar-refractivity contribution in [1.29, 1.82) is 0 Å². The first-order chi connectivity index (χ1) is 13.7. The monoisotopic (exact) mass is 396 g/mol. The molecular formula is C22H24N2O3S. The van der Waals surface area contributed by atoms with E-state index in [9.17, 15) is 4.79 Å². The van der Waals surface area contributed by atoms with Gasteiger partial charge in [0.05, 0.1) is 22.7 Å².